The van der Waals surface area contributed by atoms with Crippen molar-refractivity contribution in [2.24, 2.45) is 0 Å². The molecule has 0 N–H and O–H groups in total. The Labute approximate surface area is 174 Å². The molecule has 146 valence electrons. The highest BCUT2D eigenvalue weighted by molar-refractivity contribution is 5.79. The third-order valence-electron chi connectivity index (χ3n) is 6.08. The van der Waals surface area contributed by atoms with E-state index in [1.807, 2.05) is 0 Å². The molecule has 0 bridgehead atoms. The highest BCUT2D eigenvalue weighted by Crippen LogP contribution is 2.37. The van der Waals surface area contributed by atoms with Crippen LogP contribution in [-0.2, 0) is 6.42 Å². The molecule has 0 spiro atoms. The summed E-state index contributed by atoms with van der Waals surface area (Å²) in [6, 6.07) is 24.2. The van der Waals surface area contributed by atoms with Crippen LogP contribution in [0.2, 0.25) is 0 Å². The molecule has 1 heterocycles. The minimum atomic E-state index is 0.838. The SMILES string of the molecule is Cc1ccc(-c2cc(N3CCCCC3)c(C#N)c(C)c2Cc2ccccc2)cc1. The Hall–Kier alpha value is -3.05. The molecule has 29 heavy (non-hydrogen) atoms. The van der Waals surface area contributed by atoms with Crippen molar-refractivity contribution in [3.8, 4) is 17.2 Å². The van der Waals surface area contributed by atoms with Crippen LogP contribution in [0, 0.1) is 25.2 Å². The highest BCUT2D eigenvalue weighted by atomic mass is 15.1. The van der Waals surface area contributed by atoms with E-state index in [1.165, 1.54) is 47.1 Å². The lowest BCUT2D eigenvalue weighted by atomic mass is 9.87. The van der Waals surface area contributed by atoms with Crippen molar-refractivity contribution in [3.63, 3.8) is 0 Å². The molecule has 0 aliphatic carbocycles. The van der Waals surface area contributed by atoms with Gasteiger partial charge in [-0.15, -0.1) is 0 Å². The van der Waals surface area contributed by atoms with Crippen molar-refractivity contribution < 1.29 is 0 Å². The number of hydrogen-bond donors (Lipinski definition) is 0. The molecule has 1 aliphatic heterocycles. The van der Waals surface area contributed by atoms with E-state index in [0.717, 1.165) is 36.3 Å². The van der Waals surface area contributed by atoms with Gasteiger partial charge in [0.15, 0.2) is 0 Å². The monoisotopic (exact) mass is 380 g/mol. The zero-order chi connectivity index (χ0) is 20.2. The summed E-state index contributed by atoms with van der Waals surface area (Å²) in [5.74, 6) is 0. The van der Waals surface area contributed by atoms with Crippen LogP contribution >= 0.6 is 0 Å². The Balaban J connectivity index is 1.90. The first-order valence-corrected chi connectivity index (χ1v) is 10.6. The fraction of sp³-hybridized carbons (Fsp3) is 0.296. The van der Waals surface area contributed by atoms with E-state index in [9.17, 15) is 5.26 Å². The van der Waals surface area contributed by atoms with E-state index in [4.69, 9.17) is 0 Å². The highest BCUT2D eigenvalue weighted by Gasteiger charge is 2.21. The lowest BCUT2D eigenvalue weighted by molar-refractivity contribution is 0.577. The van der Waals surface area contributed by atoms with Gasteiger partial charge in [0.1, 0.15) is 6.07 Å². The van der Waals surface area contributed by atoms with Crippen molar-refractivity contribution in [1.82, 2.24) is 0 Å². The predicted molar refractivity (Wildman–Crippen MR) is 121 cm³/mol. The second kappa shape index (κ2) is 8.53. The van der Waals surface area contributed by atoms with Crippen LogP contribution in [0.15, 0.2) is 60.7 Å². The molecule has 0 aromatic heterocycles. The molecule has 4 rings (SSSR count). The van der Waals surface area contributed by atoms with Gasteiger partial charge in [-0.1, -0.05) is 60.2 Å². The molecular weight excluding hydrogens is 352 g/mol. The second-order valence-corrected chi connectivity index (χ2v) is 8.11. The average Bonchev–Trinajstić information content (AvgIpc) is 2.77. The van der Waals surface area contributed by atoms with E-state index in [-0.39, 0.29) is 0 Å². The molecular formula is C27H28N2. The third kappa shape index (κ3) is 4.05. The summed E-state index contributed by atoms with van der Waals surface area (Å²) in [5.41, 5.74) is 9.36. The van der Waals surface area contributed by atoms with Crippen LogP contribution in [0.25, 0.3) is 11.1 Å². The average molecular weight is 381 g/mol. The van der Waals surface area contributed by atoms with E-state index in [0.29, 0.717) is 0 Å². The number of nitrogens with zero attached hydrogens (tertiary/aromatic N) is 2. The van der Waals surface area contributed by atoms with Gasteiger partial charge < -0.3 is 4.90 Å². The fourth-order valence-corrected chi connectivity index (χ4v) is 4.38. The third-order valence-corrected chi connectivity index (χ3v) is 6.08. The summed E-state index contributed by atoms with van der Waals surface area (Å²) < 4.78 is 0. The molecule has 2 heteroatoms. The van der Waals surface area contributed by atoms with Crippen LogP contribution in [0.3, 0.4) is 0 Å². The second-order valence-electron chi connectivity index (χ2n) is 8.11. The van der Waals surface area contributed by atoms with E-state index < -0.39 is 0 Å². The first kappa shape index (κ1) is 19.3. The van der Waals surface area contributed by atoms with Crippen molar-refractivity contribution in [2.75, 3.05) is 18.0 Å². The van der Waals surface area contributed by atoms with E-state index in [2.05, 4.69) is 85.5 Å². The fourth-order valence-electron chi connectivity index (χ4n) is 4.38. The molecule has 3 aromatic carbocycles. The number of rotatable bonds is 4. The van der Waals surface area contributed by atoms with Crippen LogP contribution in [-0.4, -0.2) is 13.1 Å². The molecule has 1 aliphatic rings. The molecule has 0 radical (unpaired) electrons. The van der Waals surface area contributed by atoms with Gasteiger partial charge in [0.05, 0.1) is 11.3 Å². The van der Waals surface area contributed by atoms with Crippen LogP contribution in [0.4, 0.5) is 5.69 Å². The smallest absolute Gasteiger partial charge is 0.102 e. The van der Waals surface area contributed by atoms with Crippen molar-refractivity contribution in [2.45, 2.75) is 39.5 Å². The molecule has 2 nitrogen and oxygen atoms in total. The van der Waals surface area contributed by atoms with Crippen molar-refractivity contribution >= 4 is 5.69 Å². The van der Waals surface area contributed by atoms with E-state index in [1.54, 1.807) is 0 Å². The minimum Gasteiger partial charge on any atom is -0.370 e. The molecule has 0 amide bonds. The lowest BCUT2D eigenvalue weighted by Gasteiger charge is -2.31. The molecule has 3 aromatic rings. The van der Waals surface area contributed by atoms with Gasteiger partial charge >= 0.3 is 0 Å². The lowest BCUT2D eigenvalue weighted by Crippen LogP contribution is -2.30. The van der Waals surface area contributed by atoms with Crippen molar-refractivity contribution in [3.05, 3.63) is 88.5 Å². The first-order chi connectivity index (χ1) is 14.2. The van der Waals surface area contributed by atoms with Gasteiger partial charge in [-0.2, -0.15) is 5.26 Å². The normalized spacial score (nSPS) is 13.9. The topological polar surface area (TPSA) is 27.0 Å². The summed E-state index contributed by atoms with van der Waals surface area (Å²) in [6.45, 7) is 6.33. The maximum absolute atomic E-state index is 10.0. The molecule has 0 saturated carbocycles. The summed E-state index contributed by atoms with van der Waals surface area (Å²) in [7, 11) is 0. The van der Waals surface area contributed by atoms with Crippen molar-refractivity contribution in [1.29, 1.82) is 5.26 Å². The molecule has 1 saturated heterocycles. The number of anilines is 1. The number of nitriles is 1. The Morgan fingerprint density at radius 1 is 0.897 bits per heavy atom. The van der Waals surface area contributed by atoms with Gasteiger partial charge in [-0.25, -0.2) is 0 Å². The zero-order valence-electron chi connectivity index (χ0n) is 17.4. The Morgan fingerprint density at radius 2 is 1.59 bits per heavy atom. The van der Waals surface area contributed by atoms with Gasteiger partial charge in [-0.3, -0.25) is 0 Å². The maximum atomic E-state index is 10.0. The number of benzene rings is 3. The predicted octanol–water partition coefficient (Wildman–Crippen LogP) is 6.42. The molecule has 1 fully saturated rings. The van der Waals surface area contributed by atoms with Crippen LogP contribution < -0.4 is 4.90 Å². The number of piperidine rings is 1. The van der Waals surface area contributed by atoms with Gasteiger partial charge in [0.2, 0.25) is 0 Å². The van der Waals surface area contributed by atoms with Crippen LogP contribution in [0.1, 0.15) is 47.1 Å². The molecule has 0 unspecified atom stereocenters. The number of hydrogen-bond acceptors (Lipinski definition) is 2. The summed E-state index contributed by atoms with van der Waals surface area (Å²) in [4.78, 5) is 2.42. The Morgan fingerprint density at radius 3 is 2.24 bits per heavy atom. The number of aryl methyl sites for hydroxylation is 1. The maximum Gasteiger partial charge on any atom is 0.102 e. The summed E-state index contributed by atoms with van der Waals surface area (Å²) in [6.07, 6.45) is 4.53. The van der Waals surface area contributed by atoms with Gasteiger partial charge in [-0.05, 0) is 73.4 Å². The Bertz CT molecular complexity index is 1020. The van der Waals surface area contributed by atoms with Crippen LogP contribution in [0.5, 0.6) is 0 Å². The summed E-state index contributed by atoms with van der Waals surface area (Å²) >= 11 is 0. The van der Waals surface area contributed by atoms with Gasteiger partial charge in [0.25, 0.3) is 0 Å². The summed E-state index contributed by atoms with van der Waals surface area (Å²) in [5, 5.41) is 10.0. The van der Waals surface area contributed by atoms with E-state index >= 15 is 0 Å². The largest absolute Gasteiger partial charge is 0.370 e. The molecule has 0 atom stereocenters. The first-order valence-electron chi connectivity index (χ1n) is 10.6. The zero-order valence-corrected chi connectivity index (χ0v) is 17.4. The standard InChI is InChI=1S/C27H28N2/c1-20-11-13-23(14-12-20)25-18-27(29-15-7-4-8-16-29)26(19-28)21(2)24(25)17-22-9-5-3-6-10-22/h3,5-6,9-14,18H,4,7-8,15-17H2,1-2H3. The van der Waals surface area contributed by atoms with Gasteiger partial charge in [0, 0.05) is 13.1 Å². The Kier molecular flexibility index (Phi) is 5.67. The minimum absolute atomic E-state index is 0.838. The quantitative estimate of drug-likeness (QED) is 0.522.